The molecule has 144 valence electrons. The number of carbonyl (C=O) groups excluding carboxylic acids is 1. The number of benzene rings is 1. The van der Waals surface area contributed by atoms with Gasteiger partial charge in [0.25, 0.3) is 5.91 Å². The van der Waals surface area contributed by atoms with Crippen LogP contribution in [0.1, 0.15) is 28.7 Å². The highest BCUT2D eigenvalue weighted by Gasteiger charge is 2.36. The predicted molar refractivity (Wildman–Crippen MR) is 99.8 cm³/mol. The van der Waals surface area contributed by atoms with Gasteiger partial charge in [-0.05, 0) is 18.6 Å². The minimum absolute atomic E-state index is 0.0346. The fourth-order valence-corrected chi connectivity index (χ4v) is 2.94. The maximum Gasteiger partial charge on any atom is 0.257 e. The van der Waals surface area contributed by atoms with Crippen LogP contribution in [0.25, 0.3) is 0 Å². The van der Waals surface area contributed by atoms with E-state index < -0.39 is 5.60 Å². The van der Waals surface area contributed by atoms with Gasteiger partial charge in [-0.25, -0.2) is 9.97 Å². The number of nitrogens with zero attached hydrogens (tertiary/aromatic N) is 3. The van der Waals surface area contributed by atoms with E-state index in [0.29, 0.717) is 36.7 Å². The van der Waals surface area contributed by atoms with Crippen molar-refractivity contribution >= 4 is 5.91 Å². The Morgan fingerprint density at radius 1 is 1.33 bits per heavy atom. The predicted octanol–water partition coefficient (Wildman–Crippen LogP) is 1.63. The summed E-state index contributed by atoms with van der Waals surface area (Å²) >= 11 is 0. The average molecular weight is 371 g/mol. The van der Waals surface area contributed by atoms with Crippen LogP contribution in [0.2, 0.25) is 0 Å². The van der Waals surface area contributed by atoms with Gasteiger partial charge in [0.1, 0.15) is 23.8 Å². The number of ether oxygens (including phenoxy) is 2. The van der Waals surface area contributed by atoms with Gasteiger partial charge in [0.05, 0.1) is 25.3 Å². The van der Waals surface area contributed by atoms with E-state index >= 15 is 0 Å². The molecule has 1 unspecified atom stereocenters. The minimum Gasteiger partial charge on any atom is -0.490 e. The summed E-state index contributed by atoms with van der Waals surface area (Å²) in [5.74, 6) is 1.17. The van der Waals surface area contributed by atoms with E-state index in [9.17, 15) is 9.90 Å². The van der Waals surface area contributed by atoms with Gasteiger partial charge in [-0.2, -0.15) is 0 Å². The quantitative estimate of drug-likeness (QED) is 0.860. The summed E-state index contributed by atoms with van der Waals surface area (Å²) in [6.07, 6.45) is 3.77. The molecule has 1 N–H and O–H groups in total. The Balaban J connectivity index is 1.69. The van der Waals surface area contributed by atoms with E-state index in [0.717, 1.165) is 5.56 Å². The lowest BCUT2D eigenvalue weighted by atomic mass is 10.1. The molecule has 27 heavy (non-hydrogen) atoms. The molecule has 0 aliphatic carbocycles. The fraction of sp³-hybridized carbons (Fsp3) is 0.450. The normalized spacial score (nSPS) is 20.2. The van der Waals surface area contributed by atoms with Gasteiger partial charge >= 0.3 is 0 Å². The number of hydrogen-bond acceptors (Lipinski definition) is 6. The van der Waals surface area contributed by atoms with Crippen LogP contribution < -0.4 is 4.74 Å². The third kappa shape index (κ3) is 4.81. The molecule has 7 nitrogen and oxygen atoms in total. The molecule has 2 heterocycles. The Bertz CT molecular complexity index is 781. The van der Waals surface area contributed by atoms with Crippen LogP contribution >= 0.6 is 0 Å². The summed E-state index contributed by atoms with van der Waals surface area (Å²) < 4.78 is 11.3. The number of carbonyl (C=O) groups is 1. The van der Waals surface area contributed by atoms with Gasteiger partial charge in [-0.15, -0.1) is 0 Å². The number of aliphatic hydroxyl groups is 1. The molecule has 1 saturated heterocycles. The molecule has 1 amide bonds. The Hall–Kier alpha value is -2.51. The maximum atomic E-state index is 12.8. The lowest BCUT2D eigenvalue weighted by Gasteiger charge is -2.30. The van der Waals surface area contributed by atoms with E-state index in [4.69, 9.17) is 9.47 Å². The first-order valence-electron chi connectivity index (χ1n) is 9.09. The highest BCUT2D eigenvalue weighted by molar-refractivity contribution is 5.93. The van der Waals surface area contributed by atoms with E-state index in [1.54, 1.807) is 4.90 Å². The first-order valence-corrected chi connectivity index (χ1v) is 9.09. The standard InChI is InChI=1S/C20H25N3O4/c1-3-18-21-10-16(11-22-18)19(24)23-8-9-26-13-20(25,12-23)14-27-17-7-5-4-6-15(17)2/h4-7,10-11,25H,3,8-9,12-14H2,1-2H3. The molecule has 1 aliphatic rings. The highest BCUT2D eigenvalue weighted by Crippen LogP contribution is 2.20. The van der Waals surface area contributed by atoms with E-state index in [1.807, 2.05) is 38.1 Å². The van der Waals surface area contributed by atoms with Crippen LogP contribution in [-0.4, -0.2) is 64.4 Å². The zero-order chi connectivity index (χ0) is 19.3. The molecule has 1 aromatic carbocycles. The summed E-state index contributed by atoms with van der Waals surface area (Å²) in [7, 11) is 0. The third-order valence-corrected chi connectivity index (χ3v) is 4.51. The topological polar surface area (TPSA) is 84.8 Å². The second-order valence-corrected chi connectivity index (χ2v) is 6.80. The number of β-amino-alcohol motifs (C(OH)–C–C–N with tert-alkyl or cyclic N) is 1. The van der Waals surface area contributed by atoms with Crippen molar-refractivity contribution in [2.45, 2.75) is 25.9 Å². The largest absolute Gasteiger partial charge is 0.490 e. The highest BCUT2D eigenvalue weighted by atomic mass is 16.5. The fourth-order valence-electron chi connectivity index (χ4n) is 2.94. The molecular weight excluding hydrogens is 346 g/mol. The lowest BCUT2D eigenvalue weighted by Crippen LogP contribution is -2.50. The third-order valence-electron chi connectivity index (χ3n) is 4.51. The molecule has 2 aromatic rings. The number of aromatic nitrogens is 2. The molecule has 1 aromatic heterocycles. The molecule has 3 rings (SSSR count). The summed E-state index contributed by atoms with van der Waals surface area (Å²) in [6, 6.07) is 7.61. The summed E-state index contributed by atoms with van der Waals surface area (Å²) in [5, 5.41) is 11.0. The monoisotopic (exact) mass is 371 g/mol. The first kappa shape index (κ1) is 19.3. The van der Waals surface area contributed by atoms with Crippen molar-refractivity contribution in [1.82, 2.24) is 14.9 Å². The van der Waals surface area contributed by atoms with Gasteiger partial charge in [0.15, 0.2) is 0 Å². The van der Waals surface area contributed by atoms with Crippen molar-refractivity contribution in [2.24, 2.45) is 0 Å². The van der Waals surface area contributed by atoms with Crippen LogP contribution in [0.5, 0.6) is 5.75 Å². The summed E-state index contributed by atoms with van der Waals surface area (Å²) in [6.45, 7) is 4.90. The smallest absolute Gasteiger partial charge is 0.257 e. The van der Waals surface area contributed by atoms with Gasteiger partial charge in [0.2, 0.25) is 0 Å². The van der Waals surface area contributed by atoms with Gasteiger partial charge in [-0.1, -0.05) is 25.1 Å². The number of rotatable bonds is 5. The van der Waals surface area contributed by atoms with Crippen LogP contribution in [0.15, 0.2) is 36.7 Å². The molecule has 0 saturated carbocycles. The van der Waals surface area contributed by atoms with Crippen molar-refractivity contribution in [2.75, 3.05) is 32.9 Å². The van der Waals surface area contributed by atoms with E-state index in [-0.39, 0.29) is 25.7 Å². The molecule has 1 fully saturated rings. The zero-order valence-corrected chi connectivity index (χ0v) is 15.7. The van der Waals surface area contributed by atoms with Crippen LogP contribution in [0.3, 0.4) is 0 Å². The number of para-hydroxylation sites is 1. The molecule has 7 heteroatoms. The zero-order valence-electron chi connectivity index (χ0n) is 15.7. The molecular formula is C20H25N3O4. The number of hydrogen-bond donors (Lipinski definition) is 1. The number of aryl methyl sites for hydroxylation is 2. The molecule has 0 bridgehead atoms. The van der Waals surface area contributed by atoms with Crippen LogP contribution in [0.4, 0.5) is 0 Å². The van der Waals surface area contributed by atoms with Crippen molar-refractivity contribution < 1.29 is 19.4 Å². The molecule has 1 atom stereocenters. The molecule has 0 spiro atoms. The maximum absolute atomic E-state index is 12.8. The minimum atomic E-state index is -1.29. The van der Waals surface area contributed by atoms with Crippen molar-refractivity contribution in [3.8, 4) is 5.75 Å². The van der Waals surface area contributed by atoms with Crippen LogP contribution in [-0.2, 0) is 11.2 Å². The second kappa shape index (κ2) is 8.45. The number of amides is 1. The van der Waals surface area contributed by atoms with E-state index in [2.05, 4.69) is 9.97 Å². The van der Waals surface area contributed by atoms with Gasteiger partial charge in [-0.3, -0.25) is 4.79 Å². The van der Waals surface area contributed by atoms with Gasteiger partial charge < -0.3 is 19.5 Å². The summed E-state index contributed by atoms with van der Waals surface area (Å²) in [4.78, 5) is 22.7. The summed E-state index contributed by atoms with van der Waals surface area (Å²) in [5.41, 5.74) is 0.0894. The average Bonchev–Trinajstić information content (AvgIpc) is 2.89. The Labute approximate surface area is 159 Å². The van der Waals surface area contributed by atoms with E-state index in [1.165, 1.54) is 12.4 Å². The second-order valence-electron chi connectivity index (χ2n) is 6.80. The van der Waals surface area contributed by atoms with Crippen LogP contribution in [0, 0.1) is 6.92 Å². The Kier molecular flexibility index (Phi) is 6.03. The first-order chi connectivity index (χ1) is 13.0. The SMILES string of the molecule is CCc1ncc(C(=O)N2CCOCC(O)(COc3ccccc3C)C2)cn1. The van der Waals surface area contributed by atoms with Gasteiger partial charge in [0, 0.05) is 25.4 Å². The van der Waals surface area contributed by atoms with Crippen molar-refractivity contribution in [1.29, 1.82) is 0 Å². The molecule has 1 aliphatic heterocycles. The van der Waals surface area contributed by atoms with Crippen molar-refractivity contribution in [3.05, 3.63) is 53.6 Å². The van der Waals surface area contributed by atoms with Crippen molar-refractivity contribution in [3.63, 3.8) is 0 Å². The lowest BCUT2D eigenvalue weighted by molar-refractivity contribution is -0.0622. The Morgan fingerprint density at radius 2 is 2.07 bits per heavy atom. The Morgan fingerprint density at radius 3 is 2.78 bits per heavy atom. The molecule has 0 radical (unpaired) electrons.